The highest BCUT2D eigenvalue weighted by Crippen LogP contribution is 2.28. The van der Waals surface area contributed by atoms with Gasteiger partial charge in [0, 0.05) is 23.6 Å². The molecule has 0 bridgehead atoms. The summed E-state index contributed by atoms with van der Waals surface area (Å²) < 4.78 is 33.0. The number of para-hydroxylation sites is 1. The fourth-order valence-electron chi connectivity index (χ4n) is 2.28. The van der Waals surface area contributed by atoms with Gasteiger partial charge in [0.15, 0.2) is 0 Å². The van der Waals surface area contributed by atoms with E-state index < -0.39 is 11.6 Å². The fraction of sp³-hybridized carbons (Fsp3) is 0.125. The van der Waals surface area contributed by atoms with E-state index in [1.165, 1.54) is 0 Å². The maximum Gasteiger partial charge on any atom is 0.147 e. The molecule has 2 nitrogen and oxygen atoms in total. The molecule has 5 heteroatoms. The van der Waals surface area contributed by atoms with E-state index in [0.717, 1.165) is 34.4 Å². The fourth-order valence-corrected chi connectivity index (χ4v) is 2.60. The zero-order valence-corrected chi connectivity index (χ0v) is 12.8. The van der Waals surface area contributed by atoms with E-state index in [4.69, 9.17) is 4.42 Å². The highest BCUT2D eigenvalue weighted by atomic mass is 79.9. The number of anilines is 1. The summed E-state index contributed by atoms with van der Waals surface area (Å²) in [6, 6.07) is 9.88. The zero-order valence-electron chi connectivity index (χ0n) is 11.2. The van der Waals surface area contributed by atoms with Crippen molar-refractivity contribution in [2.75, 3.05) is 5.32 Å². The van der Waals surface area contributed by atoms with Crippen LogP contribution < -0.4 is 5.32 Å². The minimum Gasteiger partial charge on any atom is -0.461 e. The van der Waals surface area contributed by atoms with Crippen LogP contribution in [0.25, 0.3) is 11.0 Å². The summed E-state index contributed by atoms with van der Waals surface area (Å²) in [5.74, 6) is -0.247. The highest BCUT2D eigenvalue weighted by molar-refractivity contribution is 9.10. The van der Waals surface area contributed by atoms with Gasteiger partial charge in [-0.15, -0.1) is 0 Å². The first-order chi connectivity index (χ1) is 10.1. The Balaban J connectivity index is 1.90. The Morgan fingerprint density at radius 2 is 1.90 bits per heavy atom. The van der Waals surface area contributed by atoms with Crippen molar-refractivity contribution in [1.29, 1.82) is 0 Å². The van der Waals surface area contributed by atoms with Crippen LogP contribution in [0.1, 0.15) is 11.3 Å². The third kappa shape index (κ3) is 2.65. The number of halogens is 3. The number of nitrogens with one attached hydrogen (secondary N) is 1. The minimum atomic E-state index is -0.507. The summed E-state index contributed by atoms with van der Waals surface area (Å²) in [7, 11) is 0. The Labute approximate surface area is 128 Å². The normalized spacial score (nSPS) is 11.0. The van der Waals surface area contributed by atoms with Gasteiger partial charge in [0.05, 0.1) is 10.2 Å². The van der Waals surface area contributed by atoms with Crippen LogP contribution in [0.4, 0.5) is 14.5 Å². The van der Waals surface area contributed by atoms with Crippen molar-refractivity contribution in [1.82, 2.24) is 0 Å². The summed E-state index contributed by atoms with van der Waals surface area (Å²) >= 11 is 2.96. The summed E-state index contributed by atoms with van der Waals surface area (Å²) in [6.45, 7) is 2.22. The Bertz CT molecular complexity index is 813. The third-order valence-corrected chi connectivity index (χ3v) is 3.97. The molecular formula is C16H12BrF2NO. The topological polar surface area (TPSA) is 25.2 Å². The van der Waals surface area contributed by atoms with Crippen molar-refractivity contribution < 1.29 is 13.2 Å². The number of hydrogen-bond acceptors (Lipinski definition) is 2. The standard InChI is InChI=1S/C16H12BrF2NO/c1-9-11(10-4-2-3-5-16(10)21-9)8-20-15-7-13(18)12(17)6-14(15)19/h2-7,20H,8H2,1H3. The SMILES string of the molecule is Cc1oc2ccccc2c1CNc1cc(F)c(Br)cc1F. The molecule has 0 aliphatic rings. The molecule has 1 heterocycles. The largest absolute Gasteiger partial charge is 0.461 e. The maximum absolute atomic E-state index is 13.8. The number of hydrogen-bond donors (Lipinski definition) is 1. The van der Waals surface area contributed by atoms with Gasteiger partial charge in [-0.3, -0.25) is 0 Å². The molecule has 0 fully saturated rings. The van der Waals surface area contributed by atoms with Gasteiger partial charge in [-0.05, 0) is 35.0 Å². The summed E-state index contributed by atoms with van der Waals surface area (Å²) in [5.41, 5.74) is 1.85. The van der Waals surface area contributed by atoms with Crippen molar-refractivity contribution in [3.63, 3.8) is 0 Å². The molecule has 3 rings (SSSR count). The lowest BCUT2D eigenvalue weighted by Crippen LogP contribution is -2.03. The Kier molecular flexibility index (Phi) is 3.68. The molecule has 2 aromatic carbocycles. The van der Waals surface area contributed by atoms with Crippen molar-refractivity contribution >= 4 is 32.6 Å². The van der Waals surface area contributed by atoms with Gasteiger partial charge in [-0.25, -0.2) is 8.78 Å². The van der Waals surface area contributed by atoms with Crippen molar-refractivity contribution in [2.24, 2.45) is 0 Å². The van der Waals surface area contributed by atoms with E-state index in [1.54, 1.807) is 0 Å². The predicted molar refractivity (Wildman–Crippen MR) is 82.3 cm³/mol. The quantitative estimate of drug-likeness (QED) is 0.639. The molecule has 0 amide bonds. The molecule has 21 heavy (non-hydrogen) atoms. The number of rotatable bonds is 3. The summed E-state index contributed by atoms with van der Waals surface area (Å²) in [4.78, 5) is 0. The molecule has 0 unspecified atom stereocenters. The van der Waals surface area contributed by atoms with E-state index in [1.807, 2.05) is 31.2 Å². The Morgan fingerprint density at radius 3 is 2.71 bits per heavy atom. The third-order valence-electron chi connectivity index (χ3n) is 3.37. The van der Waals surface area contributed by atoms with Crippen LogP contribution in [0.5, 0.6) is 0 Å². The van der Waals surface area contributed by atoms with Crippen LogP contribution in [0.3, 0.4) is 0 Å². The first-order valence-corrected chi connectivity index (χ1v) is 7.21. The Morgan fingerprint density at radius 1 is 1.14 bits per heavy atom. The van der Waals surface area contributed by atoms with E-state index in [-0.39, 0.29) is 10.2 Å². The lowest BCUT2D eigenvalue weighted by atomic mass is 10.1. The second-order valence-electron chi connectivity index (χ2n) is 4.73. The molecule has 0 spiro atoms. The van der Waals surface area contributed by atoms with Gasteiger partial charge in [0.2, 0.25) is 0 Å². The maximum atomic E-state index is 13.8. The van der Waals surface area contributed by atoms with Gasteiger partial charge in [0.25, 0.3) is 0 Å². The van der Waals surface area contributed by atoms with E-state index in [0.29, 0.717) is 6.54 Å². The van der Waals surface area contributed by atoms with Gasteiger partial charge in [0.1, 0.15) is 23.0 Å². The first-order valence-electron chi connectivity index (χ1n) is 6.41. The van der Waals surface area contributed by atoms with Gasteiger partial charge >= 0.3 is 0 Å². The molecule has 0 saturated carbocycles. The molecule has 108 valence electrons. The van der Waals surface area contributed by atoms with Crippen molar-refractivity contribution in [3.05, 3.63) is 63.8 Å². The van der Waals surface area contributed by atoms with Crippen LogP contribution in [0.15, 0.2) is 45.3 Å². The van der Waals surface area contributed by atoms with Gasteiger partial charge < -0.3 is 9.73 Å². The molecule has 0 saturated heterocycles. The van der Waals surface area contributed by atoms with Crippen LogP contribution in [0, 0.1) is 18.6 Å². The Hall–Kier alpha value is -1.88. The van der Waals surface area contributed by atoms with Crippen LogP contribution in [-0.2, 0) is 6.54 Å². The van der Waals surface area contributed by atoms with E-state index in [9.17, 15) is 8.78 Å². The van der Waals surface area contributed by atoms with E-state index in [2.05, 4.69) is 21.2 Å². The average molecular weight is 352 g/mol. The lowest BCUT2D eigenvalue weighted by Gasteiger charge is -2.08. The van der Waals surface area contributed by atoms with Crippen molar-refractivity contribution in [2.45, 2.75) is 13.5 Å². The molecule has 1 aromatic heterocycles. The monoisotopic (exact) mass is 351 g/mol. The second kappa shape index (κ2) is 5.48. The lowest BCUT2D eigenvalue weighted by molar-refractivity contribution is 0.572. The smallest absolute Gasteiger partial charge is 0.147 e. The van der Waals surface area contributed by atoms with E-state index >= 15 is 0 Å². The average Bonchev–Trinajstić information content (AvgIpc) is 2.77. The summed E-state index contributed by atoms with van der Waals surface area (Å²) in [5, 5.41) is 3.89. The van der Waals surface area contributed by atoms with Crippen LogP contribution in [0.2, 0.25) is 0 Å². The molecule has 3 aromatic rings. The molecule has 0 aliphatic heterocycles. The predicted octanol–water partition coefficient (Wildman–Crippen LogP) is 5.39. The first kappa shape index (κ1) is 14.1. The van der Waals surface area contributed by atoms with Gasteiger partial charge in [-0.1, -0.05) is 18.2 Å². The van der Waals surface area contributed by atoms with Gasteiger partial charge in [-0.2, -0.15) is 0 Å². The molecule has 1 N–H and O–H groups in total. The zero-order chi connectivity index (χ0) is 15.0. The molecular weight excluding hydrogens is 340 g/mol. The molecule has 0 aliphatic carbocycles. The van der Waals surface area contributed by atoms with Crippen molar-refractivity contribution in [3.8, 4) is 0 Å². The number of fused-ring (bicyclic) bond motifs is 1. The number of benzene rings is 2. The number of aryl methyl sites for hydroxylation is 1. The minimum absolute atomic E-state index is 0.107. The second-order valence-corrected chi connectivity index (χ2v) is 5.59. The molecule has 0 radical (unpaired) electrons. The summed E-state index contributed by atoms with van der Waals surface area (Å²) in [6.07, 6.45) is 0. The van der Waals surface area contributed by atoms with Crippen LogP contribution >= 0.6 is 15.9 Å². The molecule has 0 atom stereocenters. The number of furan rings is 1. The van der Waals surface area contributed by atoms with Crippen LogP contribution in [-0.4, -0.2) is 0 Å². The highest BCUT2D eigenvalue weighted by Gasteiger charge is 2.12.